The summed E-state index contributed by atoms with van der Waals surface area (Å²) in [7, 11) is 0. The number of aryl methyl sites for hydroxylation is 1. The second kappa shape index (κ2) is 7.87. The Morgan fingerprint density at radius 1 is 1.14 bits per heavy atom. The number of benzene rings is 1. The molecule has 1 aliphatic rings. The zero-order valence-electron chi connectivity index (χ0n) is 16.2. The van der Waals surface area contributed by atoms with E-state index in [2.05, 4.69) is 0 Å². The summed E-state index contributed by atoms with van der Waals surface area (Å²) in [4.78, 5) is 24.9. The Kier molecular flexibility index (Phi) is 5.12. The number of fused-ring (bicyclic) bond motifs is 1. The quantitative estimate of drug-likeness (QED) is 0.471. The van der Waals surface area contributed by atoms with Crippen LogP contribution in [0, 0.1) is 13.8 Å². The third-order valence-electron chi connectivity index (χ3n) is 4.89. The molecule has 4 rings (SSSR count). The summed E-state index contributed by atoms with van der Waals surface area (Å²) >= 11 is 0. The SMILES string of the molecule is Cc1cc(C(=O)COC(=O)[C@@H]2COc3ccccc3O2)c(C)n1Cc1ccco1. The van der Waals surface area contributed by atoms with Gasteiger partial charge in [0.05, 0.1) is 12.8 Å². The van der Waals surface area contributed by atoms with Gasteiger partial charge < -0.3 is 23.2 Å². The molecule has 29 heavy (non-hydrogen) atoms. The van der Waals surface area contributed by atoms with E-state index in [1.165, 1.54) is 0 Å². The molecule has 7 nitrogen and oxygen atoms in total. The third-order valence-corrected chi connectivity index (χ3v) is 4.89. The van der Waals surface area contributed by atoms with E-state index >= 15 is 0 Å². The van der Waals surface area contributed by atoms with Crippen LogP contribution >= 0.6 is 0 Å². The van der Waals surface area contributed by atoms with Crippen LogP contribution < -0.4 is 9.47 Å². The monoisotopic (exact) mass is 395 g/mol. The number of furan rings is 1. The van der Waals surface area contributed by atoms with E-state index in [0.29, 0.717) is 23.6 Å². The van der Waals surface area contributed by atoms with Gasteiger partial charge in [-0.3, -0.25) is 4.79 Å². The fourth-order valence-corrected chi connectivity index (χ4v) is 3.33. The number of ether oxygens (including phenoxy) is 3. The molecular weight excluding hydrogens is 374 g/mol. The summed E-state index contributed by atoms with van der Waals surface area (Å²) in [5.74, 6) is 0.962. The summed E-state index contributed by atoms with van der Waals surface area (Å²) in [5, 5.41) is 0. The number of Topliss-reactive ketones (excluding diaryl/α,β-unsaturated/α-hetero) is 1. The summed E-state index contributed by atoms with van der Waals surface area (Å²) < 4.78 is 23.7. The minimum atomic E-state index is -0.899. The molecule has 3 heterocycles. The number of esters is 1. The highest BCUT2D eigenvalue weighted by Gasteiger charge is 2.29. The first-order valence-corrected chi connectivity index (χ1v) is 9.30. The van der Waals surface area contributed by atoms with Crippen LogP contribution in [0.25, 0.3) is 0 Å². The van der Waals surface area contributed by atoms with Crippen LogP contribution in [-0.4, -0.2) is 35.6 Å². The van der Waals surface area contributed by atoms with Crippen molar-refractivity contribution in [2.45, 2.75) is 26.5 Å². The molecule has 0 bridgehead atoms. The number of nitrogens with zero attached hydrogens (tertiary/aromatic N) is 1. The van der Waals surface area contributed by atoms with Crippen LogP contribution in [0.3, 0.4) is 0 Å². The van der Waals surface area contributed by atoms with Gasteiger partial charge >= 0.3 is 5.97 Å². The fraction of sp³-hybridized carbons (Fsp3) is 0.273. The lowest BCUT2D eigenvalue weighted by molar-refractivity contribution is -0.153. The Hall–Kier alpha value is -3.48. The minimum Gasteiger partial charge on any atom is -0.485 e. The fourth-order valence-electron chi connectivity index (χ4n) is 3.33. The largest absolute Gasteiger partial charge is 0.485 e. The number of ketones is 1. The van der Waals surface area contributed by atoms with E-state index in [9.17, 15) is 9.59 Å². The number of carbonyl (C=O) groups is 2. The van der Waals surface area contributed by atoms with Crippen molar-refractivity contribution in [3.8, 4) is 11.5 Å². The van der Waals surface area contributed by atoms with E-state index in [0.717, 1.165) is 17.1 Å². The zero-order chi connectivity index (χ0) is 20.4. The highest BCUT2D eigenvalue weighted by Crippen LogP contribution is 2.31. The van der Waals surface area contributed by atoms with Gasteiger partial charge in [0.1, 0.15) is 12.4 Å². The van der Waals surface area contributed by atoms with E-state index in [-0.39, 0.29) is 19.0 Å². The van der Waals surface area contributed by atoms with Gasteiger partial charge in [-0.15, -0.1) is 0 Å². The van der Waals surface area contributed by atoms with Gasteiger partial charge in [-0.2, -0.15) is 0 Å². The predicted octanol–water partition coefficient (Wildman–Crippen LogP) is 3.31. The molecule has 0 amide bonds. The average Bonchev–Trinajstić information content (AvgIpc) is 3.35. The van der Waals surface area contributed by atoms with Gasteiger partial charge in [-0.05, 0) is 44.2 Å². The standard InChI is InChI=1S/C22H21NO6/c1-14-10-17(15(2)23(14)11-16-6-5-9-26-16)18(24)12-28-22(25)21-13-27-19-7-3-4-8-20(19)29-21/h3-10,21H,11-13H2,1-2H3/t21-/m0/s1. The lowest BCUT2D eigenvalue weighted by Crippen LogP contribution is -2.38. The Bertz CT molecular complexity index is 1030. The molecular formula is C22H21NO6. The molecule has 0 spiro atoms. The molecule has 0 saturated heterocycles. The van der Waals surface area contributed by atoms with Crippen LogP contribution in [0.4, 0.5) is 0 Å². The van der Waals surface area contributed by atoms with Gasteiger partial charge in [0.15, 0.2) is 18.1 Å². The molecule has 1 aliphatic heterocycles. The van der Waals surface area contributed by atoms with E-state index < -0.39 is 12.1 Å². The van der Waals surface area contributed by atoms with Gasteiger partial charge in [0.25, 0.3) is 0 Å². The normalized spacial score (nSPS) is 15.2. The maximum Gasteiger partial charge on any atom is 0.351 e. The average molecular weight is 395 g/mol. The summed E-state index contributed by atoms with van der Waals surface area (Å²) in [6.45, 7) is 4.00. The first-order valence-electron chi connectivity index (χ1n) is 9.30. The third kappa shape index (κ3) is 3.89. The summed E-state index contributed by atoms with van der Waals surface area (Å²) in [6.07, 6.45) is 0.717. The van der Waals surface area contributed by atoms with Crippen molar-refractivity contribution >= 4 is 11.8 Å². The molecule has 0 fully saturated rings. The number of hydrogen-bond acceptors (Lipinski definition) is 6. The van der Waals surface area contributed by atoms with Gasteiger partial charge in [-0.1, -0.05) is 12.1 Å². The smallest absolute Gasteiger partial charge is 0.351 e. The van der Waals surface area contributed by atoms with Crippen molar-refractivity contribution in [2.24, 2.45) is 0 Å². The zero-order valence-corrected chi connectivity index (χ0v) is 16.2. The first-order chi connectivity index (χ1) is 14.0. The van der Waals surface area contributed by atoms with Gasteiger partial charge in [0.2, 0.25) is 11.9 Å². The lowest BCUT2D eigenvalue weighted by atomic mass is 10.1. The van der Waals surface area contributed by atoms with Crippen molar-refractivity contribution in [3.63, 3.8) is 0 Å². The van der Waals surface area contributed by atoms with Crippen molar-refractivity contribution in [3.05, 3.63) is 71.4 Å². The molecule has 0 aliphatic carbocycles. The van der Waals surface area contributed by atoms with Crippen molar-refractivity contribution in [2.75, 3.05) is 13.2 Å². The van der Waals surface area contributed by atoms with E-state index in [1.807, 2.05) is 36.6 Å². The molecule has 2 aromatic heterocycles. The van der Waals surface area contributed by atoms with E-state index in [4.69, 9.17) is 18.6 Å². The van der Waals surface area contributed by atoms with Crippen LogP contribution in [0.15, 0.2) is 53.1 Å². The highest BCUT2D eigenvalue weighted by molar-refractivity contribution is 5.99. The highest BCUT2D eigenvalue weighted by atomic mass is 16.6. The Morgan fingerprint density at radius 2 is 1.93 bits per heavy atom. The molecule has 1 aromatic carbocycles. The first kappa shape index (κ1) is 18.9. The lowest BCUT2D eigenvalue weighted by Gasteiger charge is -2.24. The summed E-state index contributed by atoms with van der Waals surface area (Å²) in [5.41, 5.74) is 2.24. The molecule has 0 N–H and O–H groups in total. The molecule has 1 atom stereocenters. The van der Waals surface area contributed by atoms with Crippen molar-refractivity contribution in [1.29, 1.82) is 0 Å². The molecule has 7 heteroatoms. The van der Waals surface area contributed by atoms with Crippen molar-refractivity contribution in [1.82, 2.24) is 4.57 Å². The number of carbonyl (C=O) groups excluding carboxylic acids is 2. The van der Waals surface area contributed by atoms with Gasteiger partial charge in [-0.25, -0.2) is 4.79 Å². The van der Waals surface area contributed by atoms with Crippen LogP contribution in [-0.2, 0) is 16.1 Å². The number of para-hydroxylation sites is 2. The Labute approximate surface area is 167 Å². The van der Waals surface area contributed by atoms with Crippen LogP contribution in [0.2, 0.25) is 0 Å². The van der Waals surface area contributed by atoms with E-state index in [1.54, 1.807) is 30.5 Å². The van der Waals surface area contributed by atoms with Crippen LogP contribution in [0.1, 0.15) is 27.5 Å². The number of hydrogen-bond donors (Lipinski definition) is 0. The molecule has 3 aromatic rings. The maximum atomic E-state index is 12.6. The van der Waals surface area contributed by atoms with Crippen molar-refractivity contribution < 1.29 is 28.2 Å². The Morgan fingerprint density at radius 3 is 2.69 bits per heavy atom. The molecule has 0 saturated carbocycles. The minimum absolute atomic E-state index is 0.0434. The number of rotatable bonds is 6. The van der Waals surface area contributed by atoms with Crippen LogP contribution in [0.5, 0.6) is 11.5 Å². The molecule has 0 radical (unpaired) electrons. The Balaban J connectivity index is 1.38. The second-order valence-corrected chi connectivity index (χ2v) is 6.85. The second-order valence-electron chi connectivity index (χ2n) is 6.85. The molecule has 150 valence electrons. The summed E-state index contributed by atoms with van der Waals surface area (Å²) in [6, 6.07) is 12.6. The molecule has 0 unspecified atom stereocenters. The topological polar surface area (TPSA) is 79.9 Å². The maximum absolute atomic E-state index is 12.6. The van der Waals surface area contributed by atoms with Gasteiger partial charge in [0, 0.05) is 17.0 Å². The predicted molar refractivity (Wildman–Crippen MR) is 103 cm³/mol. The number of aromatic nitrogens is 1.